The van der Waals surface area contributed by atoms with Gasteiger partial charge in [-0.05, 0) is 31.9 Å². The van der Waals surface area contributed by atoms with Gasteiger partial charge in [0, 0.05) is 26.7 Å². The number of nitrogens with one attached hydrogen (secondary N) is 1. The highest BCUT2D eigenvalue weighted by molar-refractivity contribution is 5.81. The van der Waals surface area contributed by atoms with Crippen LogP contribution in [0.25, 0.3) is 11.1 Å². The van der Waals surface area contributed by atoms with Crippen molar-refractivity contribution in [3.05, 3.63) is 56.9 Å². The second-order valence-electron chi connectivity index (χ2n) is 7.92. The Labute approximate surface area is 174 Å². The molecule has 162 valence electrons. The number of hydrogen-bond acceptors (Lipinski definition) is 6. The maximum Gasteiger partial charge on any atom is 0.408 e. The fourth-order valence-corrected chi connectivity index (χ4v) is 2.85. The predicted molar refractivity (Wildman–Crippen MR) is 111 cm³/mol. The molecule has 0 aliphatic rings. The number of amides is 1. The van der Waals surface area contributed by atoms with Gasteiger partial charge in [0.25, 0.3) is 5.56 Å². The van der Waals surface area contributed by atoms with Crippen molar-refractivity contribution in [2.75, 3.05) is 7.11 Å². The molecule has 9 heteroatoms. The van der Waals surface area contributed by atoms with Crippen LogP contribution in [0.3, 0.4) is 0 Å². The summed E-state index contributed by atoms with van der Waals surface area (Å²) in [6.45, 7) is 5.17. The van der Waals surface area contributed by atoms with E-state index in [0.29, 0.717) is 11.1 Å². The van der Waals surface area contributed by atoms with Crippen molar-refractivity contribution in [1.82, 2.24) is 14.5 Å². The van der Waals surface area contributed by atoms with Crippen LogP contribution >= 0.6 is 0 Å². The SMILES string of the molecule is COC(=O)[C@H](Cc1ccc(-c2cn(C)c(=O)n(C)c2=O)cc1)NC(=O)OC(C)(C)C. The largest absolute Gasteiger partial charge is 0.467 e. The van der Waals surface area contributed by atoms with E-state index in [4.69, 9.17) is 9.47 Å². The van der Waals surface area contributed by atoms with Crippen LogP contribution in [0.4, 0.5) is 4.79 Å². The van der Waals surface area contributed by atoms with Gasteiger partial charge in [-0.2, -0.15) is 0 Å². The quantitative estimate of drug-likeness (QED) is 0.736. The molecule has 0 unspecified atom stereocenters. The Bertz CT molecular complexity index is 1040. The fourth-order valence-electron chi connectivity index (χ4n) is 2.85. The number of methoxy groups -OCH3 is 1. The van der Waals surface area contributed by atoms with E-state index in [9.17, 15) is 19.2 Å². The first kappa shape index (κ1) is 22.9. The first-order valence-corrected chi connectivity index (χ1v) is 9.36. The number of rotatable bonds is 5. The zero-order valence-electron chi connectivity index (χ0n) is 18.0. The molecule has 1 aromatic carbocycles. The molecule has 0 radical (unpaired) electrons. The number of benzene rings is 1. The van der Waals surface area contributed by atoms with Crippen LogP contribution in [0.15, 0.2) is 40.1 Å². The molecule has 0 saturated heterocycles. The lowest BCUT2D eigenvalue weighted by Gasteiger charge is -2.22. The third-order valence-corrected chi connectivity index (χ3v) is 4.33. The van der Waals surface area contributed by atoms with Gasteiger partial charge in [-0.25, -0.2) is 14.4 Å². The number of alkyl carbamates (subject to hydrolysis) is 1. The summed E-state index contributed by atoms with van der Waals surface area (Å²) >= 11 is 0. The third-order valence-electron chi connectivity index (χ3n) is 4.33. The summed E-state index contributed by atoms with van der Waals surface area (Å²) in [5.41, 5.74) is 0.243. The number of ether oxygens (including phenoxy) is 2. The Balaban J connectivity index is 2.24. The summed E-state index contributed by atoms with van der Waals surface area (Å²) < 4.78 is 12.4. The van der Waals surface area contributed by atoms with Crippen molar-refractivity contribution in [2.24, 2.45) is 14.1 Å². The Kier molecular flexibility index (Phi) is 6.86. The van der Waals surface area contributed by atoms with E-state index in [1.54, 1.807) is 52.1 Å². The Morgan fingerprint density at radius 3 is 2.23 bits per heavy atom. The number of aryl methyl sites for hydroxylation is 1. The standard InChI is InChI=1S/C21H27N3O6/c1-21(2,3)30-19(27)22-16(18(26)29-6)11-13-7-9-14(10-8-13)15-12-23(4)20(28)24(5)17(15)25/h7-10,12,16H,11H2,1-6H3,(H,22,27)/t16-/m0/s1. The Hall–Kier alpha value is -3.36. The number of esters is 1. The molecule has 0 aliphatic heterocycles. The fraction of sp³-hybridized carbons (Fsp3) is 0.429. The molecule has 0 spiro atoms. The number of carbonyl (C=O) groups is 2. The maximum absolute atomic E-state index is 12.4. The van der Waals surface area contributed by atoms with Gasteiger partial charge in [0.2, 0.25) is 0 Å². The zero-order chi connectivity index (χ0) is 22.6. The monoisotopic (exact) mass is 417 g/mol. The summed E-state index contributed by atoms with van der Waals surface area (Å²) in [7, 11) is 4.24. The molecule has 0 saturated carbocycles. The first-order valence-electron chi connectivity index (χ1n) is 9.36. The molecule has 1 amide bonds. The van der Waals surface area contributed by atoms with Gasteiger partial charge < -0.3 is 19.4 Å². The van der Waals surface area contributed by atoms with Crippen molar-refractivity contribution >= 4 is 12.1 Å². The van der Waals surface area contributed by atoms with Crippen molar-refractivity contribution in [3.8, 4) is 11.1 Å². The maximum atomic E-state index is 12.4. The van der Waals surface area contributed by atoms with Crippen LogP contribution in [0.5, 0.6) is 0 Å². The van der Waals surface area contributed by atoms with Gasteiger partial charge in [-0.1, -0.05) is 24.3 Å². The van der Waals surface area contributed by atoms with Crippen LogP contribution in [0, 0.1) is 0 Å². The first-order chi connectivity index (χ1) is 13.9. The van der Waals surface area contributed by atoms with Gasteiger partial charge in [-0.15, -0.1) is 0 Å². The van der Waals surface area contributed by atoms with E-state index >= 15 is 0 Å². The highest BCUT2D eigenvalue weighted by atomic mass is 16.6. The molecule has 1 aromatic heterocycles. The molecule has 0 bridgehead atoms. The lowest BCUT2D eigenvalue weighted by molar-refractivity contribution is -0.143. The van der Waals surface area contributed by atoms with Crippen LogP contribution in [0.1, 0.15) is 26.3 Å². The van der Waals surface area contributed by atoms with E-state index in [0.717, 1.165) is 10.1 Å². The Morgan fingerprint density at radius 1 is 1.10 bits per heavy atom. The number of aromatic nitrogens is 2. The molecular formula is C21H27N3O6. The van der Waals surface area contributed by atoms with E-state index in [1.165, 1.54) is 24.9 Å². The van der Waals surface area contributed by atoms with Crippen LogP contribution < -0.4 is 16.6 Å². The second kappa shape index (κ2) is 8.98. The number of carbonyl (C=O) groups excluding carboxylic acids is 2. The molecular weight excluding hydrogens is 390 g/mol. The molecule has 0 aliphatic carbocycles. The van der Waals surface area contributed by atoms with E-state index < -0.39 is 35.0 Å². The molecule has 2 aromatic rings. The average molecular weight is 417 g/mol. The third kappa shape index (κ3) is 5.59. The highest BCUT2D eigenvalue weighted by Gasteiger charge is 2.25. The minimum Gasteiger partial charge on any atom is -0.467 e. The lowest BCUT2D eigenvalue weighted by atomic mass is 10.0. The van der Waals surface area contributed by atoms with E-state index in [-0.39, 0.29) is 6.42 Å². The number of nitrogens with zero attached hydrogens (tertiary/aromatic N) is 2. The summed E-state index contributed by atoms with van der Waals surface area (Å²) in [5.74, 6) is -0.600. The topological polar surface area (TPSA) is 109 Å². The molecule has 1 atom stereocenters. The predicted octanol–water partition coefficient (Wildman–Crippen LogP) is 1.36. The molecule has 30 heavy (non-hydrogen) atoms. The molecule has 1 heterocycles. The highest BCUT2D eigenvalue weighted by Crippen LogP contribution is 2.17. The molecule has 9 nitrogen and oxygen atoms in total. The van der Waals surface area contributed by atoms with Crippen molar-refractivity contribution in [3.63, 3.8) is 0 Å². The van der Waals surface area contributed by atoms with Gasteiger partial charge in [0.15, 0.2) is 0 Å². The van der Waals surface area contributed by atoms with Crippen molar-refractivity contribution in [1.29, 1.82) is 0 Å². The van der Waals surface area contributed by atoms with Crippen LogP contribution in [0.2, 0.25) is 0 Å². The summed E-state index contributed by atoms with van der Waals surface area (Å²) in [6, 6.07) is 6.00. The smallest absolute Gasteiger partial charge is 0.408 e. The zero-order valence-corrected chi connectivity index (χ0v) is 18.0. The molecule has 1 N–H and O–H groups in total. The average Bonchev–Trinajstić information content (AvgIpc) is 2.67. The Morgan fingerprint density at radius 2 is 1.70 bits per heavy atom. The van der Waals surface area contributed by atoms with E-state index in [2.05, 4.69) is 5.32 Å². The summed E-state index contributed by atoms with van der Waals surface area (Å²) in [6.07, 6.45) is 0.946. The molecule has 0 fully saturated rings. The van der Waals surface area contributed by atoms with Crippen LogP contribution in [-0.4, -0.2) is 39.9 Å². The normalized spacial score (nSPS) is 12.2. The van der Waals surface area contributed by atoms with Crippen LogP contribution in [-0.2, 0) is 34.8 Å². The molecule has 2 rings (SSSR count). The number of hydrogen-bond donors (Lipinski definition) is 1. The second-order valence-corrected chi connectivity index (χ2v) is 7.92. The van der Waals surface area contributed by atoms with E-state index in [1.807, 2.05) is 0 Å². The van der Waals surface area contributed by atoms with Crippen molar-refractivity contribution in [2.45, 2.75) is 38.8 Å². The van der Waals surface area contributed by atoms with Gasteiger partial charge in [0.05, 0.1) is 12.7 Å². The van der Waals surface area contributed by atoms with Gasteiger partial charge in [0.1, 0.15) is 11.6 Å². The summed E-state index contributed by atoms with van der Waals surface area (Å²) in [4.78, 5) is 48.4. The summed E-state index contributed by atoms with van der Waals surface area (Å²) in [5, 5.41) is 2.52. The van der Waals surface area contributed by atoms with Gasteiger partial charge >= 0.3 is 17.8 Å². The lowest BCUT2D eigenvalue weighted by Crippen LogP contribution is -2.45. The van der Waals surface area contributed by atoms with Gasteiger partial charge in [-0.3, -0.25) is 9.36 Å². The minimum absolute atomic E-state index is 0.178. The van der Waals surface area contributed by atoms with Crippen molar-refractivity contribution < 1.29 is 19.1 Å². The minimum atomic E-state index is -0.930.